The zero-order valence-corrected chi connectivity index (χ0v) is 23.0. The Balaban J connectivity index is 1.69. The minimum atomic E-state index is -3.64. The van der Waals surface area contributed by atoms with Crippen LogP contribution in [0.2, 0.25) is 0 Å². The molecule has 1 heterocycles. The van der Waals surface area contributed by atoms with Crippen LogP contribution in [0, 0.1) is 6.92 Å². The van der Waals surface area contributed by atoms with Gasteiger partial charge in [0.25, 0.3) is 0 Å². The molecular weight excluding hydrogens is 508 g/mol. The lowest BCUT2D eigenvalue weighted by atomic mass is 10.1. The van der Waals surface area contributed by atoms with E-state index in [0.717, 1.165) is 24.0 Å². The first-order valence-corrected chi connectivity index (χ1v) is 14.4. The number of amides is 1. The van der Waals surface area contributed by atoms with Gasteiger partial charge in [0.15, 0.2) is 0 Å². The molecule has 0 fully saturated rings. The molecule has 0 atom stereocenters. The zero-order valence-electron chi connectivity index (χ0n) is 22.2. The number of aromatic nitrogens is 1. The fourth-order valence-corrected chi connectivity index (χ4v) is 4.82. The van der Waals surface area contributed by atoms with Gasteiger partial charge in [-0.2, -0.15) is 0 Å². The molecule has 2 aromatic carbocycles. The van der Waals surface area contributed by atoms with E-state index in [4.69, 9.17) is 18.6 Å². The first-order chi connectivity index (χ1) is 18.3. The highest BCUT2D eigenvalue weighted by atomic mass is 32.2. The van der Waals surface area contributed by atoms with Gasteiger partial charge in [-0.3, -0.25) is 9.52 Å². The molecule has 0 bridgehead atoms. The van der Waals surface area contributed by atoms with Crippen LogP contribution in [0.5, 0.6) is 11.5 Å². The minimum absolute atomic E-state index is 0.00557. The molecule has 0 aliphatic heterocycles. The lowest BCUT2D eigenvalue weighted by Gasteiger charge is -2.14. The SMILES string of the molecule is CCCCCS(=O)(=O)NC(=O)CCc1ccc(OCCOC)cc1OCc1nc(-c2ccccc2)oc1C. The molecule has 0 aliphatic rings. The van der Waals surface area contributed by atoms with Crippen molar-refractivity contribution in [1.82, 2.24) is 9.71 Å². The second-order valence-electron chi connectivity index (χ2n) is 8.84. The average Bonchev–Trinajstić information content (AvgIpc) is 3.27. The summed E-state index contributed by atoms with van der Waals surface area (Å²) < 4.78 is 49.2. The quantitative estimate of drug-likeness (QED) is 0.255. The van der Waals surface area contributed by atoms with Gasteiger partial charge >= 0.3 is 0 Å². The van der Waals surface area contributed by atoms with Gasteiger partial charge < -0.3 is 18.6 Å². The van der Waals surface area contributed by atoms with E-state index in [2.05, 4.69) is 9.71 Å². The van der Waals surface area contributed by atoms with E-state index in [9.17, 15) is 13.2 Å². The number of ether oxygens (including phenoxy) is 3. The number of sulfonamides is 1. The number of nitrogens with zero attached hydrogens (tertiary/aromatic N) is 1. The fourth-order valence-electron chi connectivity index (χ4n) is 3.69. The molecule has 0 saturated carbocycles. The summed E-state index contributed by atoms with van der Waals surface area (Å²) in [4.78, 5) is 17.0. The highest BCUT2D eigenvalue weighted by Gasteiger charge is 2.17. The number of methoxy groups -OCH3 is 1. The van der Waals surface area contributed by atoms with Crippen LogP contribution in [0.3, 0.4) is 0 Å². The van der Waals surface area contributed by atoms with Crippen molar-refractivity contribution in [2.75, 3.05) is 26.1 Å². The Morgan fingerprint density at radius 3 is 2.58 bits per heavy atom. The number of hydrogen-bond donors (Lipinski definition) is 1. The molecule has 1 amide bonds. The number of rotatable bonds is 16. The molecule has 0 unspecified atom stereocenters. The Morgan fingerprint density at radius 1 is 1.05 bits per heavy atom. The van der Waals surface area contributed by atoms with Crippen LogP contribution >= 0.6 is 0 Å². The van der Waals surface area contributed by atoms with Crippen LogP contribution < -0.4 is 14.2 Å². The third-order valence-corrected chi connectivity index (χ3v) is 7.14. The molecule has 3 rings (SSSR count). The number of carbonyl (C=O) groups is 1. The number of hydrogen-bond acceptors (Lipinski definition) is 8. The van der Waals surface area contributed by atoms with Gasteiger partial charge in [-0.1, -0.05) is 44.0 Å². The summed E-state index contributed by atoms with van der Waals surface area (Å²) in [5.41, 5.74) is 2.26. The monoisotopic (exact) mass is 544 g/mol. The van der Waals surface area contributed by atoms with Crippen molar-refractivity contribution < 1.29 is 31.8 Å². The van der Waals surface area contributed by atoms with E-state index < -0.39 is 15.9 Å². The lowest BCUT2D eigenvalue weighted by Crippen LogP contribution is -2.32. The predicted octanol–water partition coefficient (Wildman–Crippen LogP) is 4.82. The van der Waals surface area contributed by atoms with Crippen molar-refractivity contribution in [3.8, 4) is 23.0 Å². The second-order valence-corrected chi connectivity index (χ2v) is 10.7. The number of benzene rings is 2. The van der Waals surface area contributed by atoms with Gasteiger partial charge in [-0.05, 0) is 43.5 Å². The molecule has 0 aliphatic carbocycles. The molecule has 0 spiro atoms. The van der Waals surface area contributed by atoms with Crippen LogP contribution in [0.15, 0.2) is 52.9 Å². The maximum absolute atomic E-state index is 12.4. The molecular formula is C28H36N2O7S. The largest absolute Gasteiger partial charge is 0.491 e. The average molecular weight is 545 g/mol. The van der Waals surface area contributed by atoms with Gasteiger partial charge in [-0.25, -0.2) is 13.4 Å². The lowest BCUT2D eigenvalue weighted by molar-refractivity contribution is -0.119. The van der Waals surface area contributed by atoms with Crippen molar-refractivity contribution in [3.63, 3.8) is 0 Å². The van der Waals surface area contributed by atoms with Crippen molar-refractivity contribution >= 4 is 15.9 Å². The number of aryl methyl sites for hydroxylation is 2. The van der Waals surface area contributed by atoms with Gasteiger partial charge in [0.1, 0.15) is 36.2 Å². The summed E-state index contributed by atoms with van der Waals surface area (Å²) in [6, 6.07) is 14.9. The molecule has 10 heteroatoms. The molecule has 1 N–H and O–H groups in total. The highest BCUT2D eigenvalue weighted by molar-refractivity contribution is 7.90. The number of carbonyl (C=O) groups excluding carboxylic acids is 1. The molecule has 206 valence electrons. The van der Waals surface area contributed by atoms with E-state index in [0.29, 0.717) is 48.5 Å². The highest BCUT2D eigenvalue weighted by Crippen LogP contribution is 2.28. The topological polar surface area (TPSA) is 117 Å². The summed E-state index contributed by atoms with van der Waals surface area (Å²) in [7, 11) is -2.04. The first-order valence-electron chi connectivity index (χ1n) is 12.7. The number of oxazole rings is 1. The van der Waals surface area contributed by atoms with Crippen LogP contribution in [-0.4, -0.2) is 45.4 Å². The van der Waals surface area contributed by atoms with E-state index in [1.54, 1.807) is 19.2 Å². The predicted molar refractivity (Wildman–Crippen MR) is 145 cm³/mol. The molecule has 38 heavy (non-hydrogen) atoms. The zero-order chi connectivity index (χ0) is 27.4. The molecule has 9 nitrogen and oxygen atoms in total. The van der Waals surface area contributed by atoms with Gasteiger partial charge in [-0.15, -0.1) is 0 Å². The molecule has 0 saturated heterocycles. The Hall–Kier alpha value is -3.37. The summed E-state index contributed by atoms with van der Waals surface area (Å²) in [5.74, 6) is 1.65. The Morgan fingerprint density at radius 2 is 1.84 bits per heavy atom. The van der Waals surface area contributed by atoms with Gasteiger partial charge in [0, 0.05) is 25.2 Å². The van der Waals surface area contributed by atoms with Gasteiger partial charge in [0.2, 0.25) is 21.8 Å². The summed E-state index contributed by atoms with van der Waals surface area (Å²) in [5, 5.41) is 0. The summed E-state index contributed by atoms with van der Waals surface area (Å²) in [6.45, 7) is 4.77. The fraction of sp³-hybridized carbons (Fsp3) is 0.429. The van der Waals surface area contributed by atoms with Crippen LogP contribution in [0.1, 0.15) is 49.6 Å². The molecule has 1 aromatic heterocycles. The van der Waals surface area contributed by atoms with E-state index in [-0.39, 0.29) is 25.2 Å². The van der Waals surface area contributed by atoms with Gasteiger partial charge in [0.05, 0.1) is 12.4 Å². The van der Waals surface area contributed by atoms with Crippen molar-refractivity contribution in [1.29, 1.82) is 0 Å². The molecule has 3 aromatic rings. The maximum Gasteiger partial charge on any atom is 0.234 e. The standard InChI is InChI=1S/C28H36N2O7S/c1-4-5-9-18-38(32,33)30-27(31)15-13-22-12-14-24(35-17-16-34-3)19-26(22)36-20-25-21(2)37-28(29-25)23-10-7-6-8-11-23/h6-8,10-12,14,19H,4-5,9,13,15-18,20H2,1-3H3,(H,30,31). The Kier molecular flexibility index (Phi) is 11.2. The van der Waals surface area contributed by atoms with Crippen molar-refractivity contribution in [3.05, 3.63) is 65.5 Å². The first kappa shape index (κ1) is 29.2. The normalized spacial score (nSPS) is 11.3. The van der Waals surface area contributed by atoms with Crippen LogP contribution in [0.25, 0.3) is 11.5 Å². The Labute approximate surface area is 224 Å². The second kappa shape index (κ2) is 14.5. The van der Waals surface area contributed by atoms with Crippen molar-refractivity contribution in [2.45, 2.75) is 52.6 Å². The maximum atomic E-state index is 12.4. The third-order valence-electron chi connectivity index (χ3n) is 5.78. The molecule has 0 radical (unpaired) electrons. The summed E-state index contributed by atoms with van der Waals surface area (Å²) >= 11 is 0. The van der Waals surface area contributed by atoms with E-state index >= 15 is 0 Å². The van der Waals surface area contributed by atoms with Crippen molar-refractivity contribution in [2.24, 2.45) is 0 Å². The third kappa shape index (κ3) is 9.18. The van der Waals surface area contributed by atoms with Crippen LogP contribution in [-0.2, 0) is 32.6 Å². The number of nitrogens with one attached hydrogen (secondary N) is 1. The number of unbranched alkanes of at least 4 members (excludes halogenated alkanes) is 2. The Bertz CT molecular complexity index is 1270. The van der Waals surface area contributed by atoms with Crippen LogP contribution in [0.4, 0.5) is 0 Å². The van der Waals surface area contributed by atoms with E-state index in [1.807, 2.05) is 50.2 Å². The van der Waals surface area contributed by atoms with E-state index in [1.165, 1.54) is 0 Å². The summed E-state index contributed by atoms with van der Waals surface area (Å²) in [6.07, 6.45) is 2.51. The smallest absolute Gasteiger partial charge is 0.234 e. The minimum Gasteiger partial charge on any atom is -0.491 e.